The topological polar surface area (TPSA) is 46.5 Å². The number of carbonyl (C=O) groups excluding carboxylic acids is 1. The minimum atomic E-state index is -2.04. The Kier molecular flexibility index (Phi) is 4.43. The molecule has 4 heteroatoms. The average molecular weight is 226 g/mol. The highest BCUT2D eigenvalue weighted by molar-refractivity contribution is 5.75. The monoisotopic (exact) mass is 226 g/mol. The maximum Gasteiger partial charge on any atom is 0.343 e. The van der Waals surface area contributed by atoms with Crippen LogP contribution in [0.4, 0.5) is 4.39 Å². The third-order valence-corrected chi connectivity index (χ3v) is 2.30. The summed E-state index contributed by atoms with van der Waals surface area (Å²) in [5, 5.41) is 9.69. The van der Waals surface area contributed by atoms with Crippen molar-refractivity contribution in [3.05, 3.63) is 35.4 Å². The molecule has 0 aliphatic carbocycles. The van der Waals surface area contributed by atoms with Gasteiger partial charge in [0.2, 0.25) is 6.17 Å². The Bertz CT molecular complexity index is 365. The molecule has 0 aliphatic rings. The third-order valence-electron chi connectivity index (χ3n) is 2.30. The lowest BCUT2D eigenvalue weighted by Crippen LogP contribution is -2.26. The van der Waals surface area contributed by atoms with E-state index in [4.69, 9.17) is 0 Å². The Morgan fingerprint density at radius 2 is 2.12 bits per heavy atom. The van der Waals surface area contributed by atoms with Crippen LogP contribution in [-0.4, -0.2) is 23.9 Å². The molecule has 0 amide bonds. The highest BCUT2D eigenvalue weighted by atomic mass is 19.1. The number of carbonyl (C=O) groups is 1. The SMILES string of the molecule is CCOC(=O)C(F)C(O)c1ccccc1C. The van der Waals surface area contributed by atoms with E-state index in [0.29, 0.717) is 5.56 Å². The van der Waals surface area contributed by atoms with Crippen molar-refractivity contribution in [2.75, 3.05) is 6.61 Å². The Labute approximate surface area is 93.9 Å². The second-order valence-electron chi connectivity index (χ2n) is 3.46. The van der Waals surface area contributed by atoms with Gasteiger partial charge < -0.3 is 9.84 Å². The number of aliphatic hydroxyl groups is 1. The van der Waals surface area contributed by atoms with Gasteiger partial charge in [-0.15, -0.1) is 0 Å². The van der Waals surface area contributed by atoms with Gasteiger partial charge >= 0.3 is 5.97 Å². The molecule has 0 saturated heterocycles. The van der Waals surface area contributed by atoms with Gasteiger partial charge in [-0.2, -0.15) is 0 Å². The number of halogens is 1. The van der Waals surface area contributed by atoms with E-state index in [1.807, 2.05) is 0 Å². The summed E-state index contributed by atoms with van der Waals surface area (Å²) in [6, 6.07) is 6.80. The highest BCUT2D eigenvalue weighted by Gasteiger charge is 2.29. The fourth-order valence-corrected chi connectivity index (χ4v) is 1.43. The summed E-state index contributed by atoms with van der Waals surface area (Å²) >= 11 is 0. The van der Waals surface area contributed by atoms with E-state index in [0.717, 1.165) is 5.56 Å². The van der Waals surface area contributed by atoms with Crippen LogP contribution in [0.2, 0.25) is 0 Å². The number of benzene rings is 1. The fraction of sp³-hybridized carbons (Fsp3) is 0.417. The number of rotatable bonds is 4. The molecule has 16 heavy (non-hydrogen) atoms. The lowest BCUT2D eigenvalue weighted by atomic mass is 10.0. The molecule has 0 aliphatic heterocycles. The van der Waals surface area contributed by atoms with Gasteiger partial charge in [-0.3, -0.25) is 0 Å². The summed E-state index contributed by atoms with van der Waals surface area (Å²) in [7, 11) is 0. The summed E-state index contributed by atoms with van der Waals surface area (Å²) < 4.78 is 18.0. The Morgan fingerprint density at radius 1 is 1.50 bits per heavy atom. The maximum absolute atomic E-state index is 13.5. The first-order valence-electron chi connectivity index (χ1n) is 5.12. The van der Waals surface area contributed by atoms with E-state index < -0.39 is 18.2 Å². The van der Waals surface area contributed by atoms with Crippen LogP contribution in [0.1, 0.15) is 24.2 Å². The van der Waals surface area contributed by atoms with E-state index in [-0.39, 0.29) is 6.61 Å². The lowest BCUT2D eigenvalue weighted by molar-refractivity contribution is -0.153. The van der Waals surface area contributed by atoms with Gasteiger partial charge in [-0.1, -0.05) is 24.3 Å². The molecule has 2 atom stereocenters. The van der Waals surface area contributed by atoms with Crippen molar-refractivity contribution >= 4 is 5.97 Å². The zero-order valence-corrected chi connectivity index (χ0v) is 9.31. The van der Waals surface area contributed by atoms with Crippen molar-refractivity contribution < 1.29 is 19.0 Å². The van der Waals surface area contributed by atoms with Gasteiger partial charge in [-0.25, -0.2) is 9.18 Å². The molecule has 2 unspecified atom stereocenters. The third kappa shape index (κ3) is 2.79. The Morgan fingerprint density at radius 3 is 2.69 bits per heavy atom. The molecule has 0 aromatic heterocycles. The molecule has 1 N–H and O–H groups in total. The maximum atomic E-state index is 13.5. The summed E-state index contributed by atoms with van der Waals surface area (Å²) in [5.74, 6) is -1.03. The zero-order chi connectivity index (χ0) is 12.1. The van der Waals surface area contributed by atoms with Gasteiger partial charge in [-0.05, 0) is 25.0 Å². The van der Waals surface area contributed by atoms with Crippen LogP contribution in [0.3, 0.4) is 0 Å². The minimum absolute atomic E-state index is 0.0970. The fourth-order valence-electron chi connectivity index (χ4n) is 1.43. The molecule has 88 valence electrons. The molecular formula is C12H15FO3. The number of hydrogen-bond donors (Lipinski definition) is 1. The highest BCUT2D eigenvalue weighted by Crippen LogP contribution is 2.23. The largest absolute Gasteiger partial charge is 0.464 e. The number of alkyl halides is 1. The van der Waals surface area contributed by atoms with Gasteiger partial charge in [0.05, 0.1) is 6.61 Å². The van der Waals surface area contributed by atoms with Gasteiger partial charge in [0.15, 0.2) is 0 Å². The van der Waals surface area contributed by atoms with Gasteiger partial charge in [0.1, 0.15) is 6.10 Å². The summed E-state index contributed by atoms with van der Waals surface area (Å²) in [4.78, 5) is 11.1. The first-order valence-corrected chi connectivity index (χ1v) is 5.12. The number of aryl methyl sites for hydroxylation is 1. The molecule has 0 heterocycles. The number of ether oxygens (including phenoxy) is 1. The van der Waals surface area contributed by atoms with Crippen LogP contribution in [0.5, 0.6) is 0 Å². The Balaban J connectivity index is 2.82. The van der Waals surface area contributed by atoms with E-state index in [1.165, 1.54) is 0 Å². The van der Waals surface area contributed by atoms with Gasteiger partial charge in [0, 0.05) is 0 Å². The molecule has 1 rings (SSSR count). The predicted molar refractivity (Wildman–Crippen MR) is 57.7 cm³/mol. The first-order chi connectivity index (χ1) is 7.57. The van der Waals surface area contributed by atoms with Crippen LogP contribution < -0.4 is 0 Å². The van der Waals surface area contributed by atoms with Crippen LogP contribution in [-0.2, 0) is 9.53 Å². The van der Waals surface area contributed by atoms with Crippen LogP contribution in [0, 0.1) is 6.92 Å². The molecular weight excluding hydrogens is 211 g/mol. The molecule has 0 radical (unpaired) electrons. The van der Waals surface area contributed by atoms with Crippen LogP contribution >= 0.6 is 0 Å². The summed E-state index contributed by atoms with van der Waals surface area (Å²) in [6.07, 6.45) is -3.51. The minimum Gasteiger partial charge on any atom is -0.464 e. The number of esters is 1. The second kappa shape index (κ2) is 5.61. The normalized spacial score (nSPS) is 14.2. The molecule has 1 aromatic rings. The van der Waals surface area contributed by atoms with Crippen LogP contribution in [0.25, 0.3) is 0 Å². The molecule has 1 aromatic carbocycles. The predicted octanol–water partition coefficient (Wildman–Crippen LogP) is 1.93. The van der Waals surface area contributed by atoms with Crippen molar-refractivity contribution in [1.82, 2.24) is 0 Å². The van der Waals surface area contributed by atoms with Crippen molar-refractivity contribution in [1.29, 1.82) is 0 Å². The average Bonchev–Trinajstić information content (AvgIpc) is 2.28. The van der Waals surface area contributed by atoms with Crippen LogP contribution in [0.15, 0.2) is 24.3 Å². The smallest absolute Gasteiger partial charge is 0.343 e. The summed E-state index contributed by atoms with van der Waals surface area (Å²) in [5.41, 5.74) is 1.14. The van der Waals surface area contributed by atoms with Crippen molar-refractivity contribution in [2.45, 2.75) is 26.1 Å². The first kappa shape index (κ1) is 12.6. The quantitative estimate of drug-likeness (QED) is 0.798. The van der Waals surface area contributed by atoms with E-state index in [9.17, 15) is 14.3 Å². The molecule has 0 bridgehead atoms. The van der Waals surface area contributed by atoms with Crippen molar-refractivity contribution in [2.24, 2.45) is 0 Å². The number of aliphatic hydroxyl groups excluding tert-OH is 1. The molecule has 0 saturated carbocycles. The van der Waals surface area contributed by atoms with E-state index >= 15 is 0 Å². The molecule has 0 fully saturated rings. The van der Waals surface area contributed by atoms with E-state index in [1.54, 1.807) is 38.1 Å². The number of hydrogen-bond acceptors (Lipinski definition) is 3. The Hall–Kier alpha value is -1.42. The molecule has 0 spiro atoms. The lowest BCUT2D eigenvalue weighted by Gasteiger charge is -2.16. The van der Waals surface area contributed by atoms with E-state index in [2.05, 4.69) is 4.74 Å². The van der Waals surface area contributed by atoms with Gasteiger partial charge in [0.25, 0.3) is 0 Å². The standard InChI is InChI=1S/C12H15FO3/c1-3-16-12(15)10(13)11(14)9-7-5-4-6-8(9)2/h4-7,10-11,14H,3H2,1-2H3. The van der Waals surface area contributed by atoms with Crippen molar-refractivity contribution in [3.63, 3.8) is 0 Å². The summed E-state index contributed by atoms with van der Waals surface area (Å²) in [6.45, 7) is 3.43. The zero-order valence-electron chi connectivity index (χ0n) is 9.31. The molecule has 3 nitrogen and oxygen atoms in total. The second-order valence-corrected chi connectivity index (χ2v) is 3.46. The van der Waals surface area contributed by atoms with Crippen molar-refractivity contribution in [3.8, 4) is 0 Å².